The van der Waals surface area contributed by atoms with Gasteiger partial charge in [-0.3, -0.25) is 0 Å². The third kappa shape index (κ3) is 2.12. The molecule has 1 aliphatic heterocycles. The van der Waals surface area contributed by atoms with Gasteiger partial charge >= 0.3 is 0 Å². The van der Waals surface area contributed by atoms with E-state index in [-0.39, 0.29) is 0 Å². The van der Waals surface area contributed by atoms with E-state index in [0.717, 1.165) is 37.4 Å². The van der Waals surface area contributed by atoms with Crippen molar-refractivity contribution in [2.75, 3.05) is 13.2 Å². The number of hydrogen-bond donors (Lipinski definition) is 0. The van der Waals surface area contributed by atoms with Crippen LogP contribution in [0, 0.1) is 35.5 Å². The fourth-order valence-corrected chi connectivity index (χ4v) is 2.74. The summed E-state index contributed by atoms with van der Waals surface area (Å²) < 4.78 is 5.57. The van der Waals surface area contributed by atoms with Gasteiger partial charge in [-0.25, -0.2) is 0 Å². The number of rotatable bonds is 1. The number of ether oxygens (including phenoxy) is 1. The first-order chi connectivity index (χ1) is 6.77. The van der Waals surface area contributed by atoms with Gasteiger partial charge in [0, 0.05) is 25.6 Å². The van der Waals surface area contributed by atoms with Crippen LogP contribution in [0.3, 0.4) is 0 Å². The molecule has 0 aromatic carbocycles. The fourth-order valence-electron chi connectivity index (χ4n) is 2.74. The molecule has 14 heavy (non-hydrogen) atoms. The summed E-state index contributed by atoms with van der Waals surface area (Å²) in [5.41, 5.74) is 0. The molecule has 0 N–H and O–H groups in total. The molecule has 78 valence electrons. The molecule has 2 unspecified atom stereocenters. The minimum Gasteiger partial charge on any atom is -0.381 e. The molecule has 0 aromatic heterocycles. The van der Waals surface area contributed by atoms with E-state index < -0.39 is 0 Å². The molecule has 1 saturated carbocycles. The van der Waals surface area contributed by atoms with Crippen LogP contribution in [0.5, 0.6) is 0 Å². The molecule has 1 saturated heterocycles. The molecule has 0 amide bonds. The van der Waals surface area contributed by atoms with Crippen LogP contribution in [0.25, 0.3) is 0 Å². The largest absolute Gasteiger partial charge is 0.381 e. The Balaban J connectivity index is 1.90. The maximum Gasteiger partial charge on any atom is 0.0497 e. The van der Waals surface area contributed by atoms with Crippen LogP contribution >= 0.6 is 0 Å². The minimum atomic E-state index is 0.521. The molecule has 2 fully saturated rings. The average Bonchev–Trinajstić information content (AvgIpc) is 2.39. The van der Waals surface area contributed by atoms with Gasteiger partial charge in [-0.15, -0.1) is 11.8 Å². The zero-order chi connectivity index (χ0) is 9.97. The molecule has 2 bridgehead atoms. The first kappa shape index (κ1) is 10.1. The van der Waals surface area contributed by atoms with Crippen LogP contribution in [-0.2, 0) is 4.74 Å². The van der Waals surface area contributed by atoms with Crippen LogP contribution in [0.4, 0.5) is 0 Å². The van der Waals surface area contributed by atoms with Gasteiger partial charge in [0.1, 0.15) is 0 Å². The first-order valence-corrected chi connectivity index (χ1v) is 5.83. The summed E-state index contributed by atoms with van der Waals surface area (Å²) in [7, 11) is 0. The van der Waals surface area contributed by atoms with E-state index in [2.05, 4.69) is 25.7 Å². The van der Waals surface area contributed by atoms with E-state index in [9.17, 15) is 0 Å². The van der Waals surface area contributed by atoms with Crippen molar-refractivity contribution in [3.63, 3.8) is 0 Å². The maximum absolute atomic E-state index is 5.57. The van der Waals surface area contributed by atoms with E-state index >= 15 is 0 Å². The summed E-state index contributed by atoms with van der Waals surface area (Å²) >= 11 is 0. The molecule has 2 atom stereocenters. The van der Waals surface area contributed by atoms with Crippen LogP contribution in [0.1, 0.15) is 33.1 Å². The van der Waals surface area contributed by atoms with Crippen molar-refractivity contribution < 1.29 is 4.74 Å². The lowest BCUT2D eigenvalue weighted by molar-refractivity contribution is 0.00915. The second-order valence-electron chi connectivity index (χ2n) is 4.98. The van der Waals surface area contributed by atoms with Gasteiger partial charge in [0.05, 0.1) is 0 Å². The molecule has 1 heteroatoms. The standard InChI is InChI=1S/C13H20O/c1-10(2)4-3-5-13-11-6-7-12(13)9-14-8-11/h10-13H,5-9H2,1-2H3. The predicted molar refractivity (Wildman–Crippen MR) is 57.8 cm³/mol. The van der Waals surface area contributed by atoms with E-state index in [0.29, 0.717) is 5.92 Å². The van der Waals surface area contributed by atoms with Crippen molar-refractivity contribution in [2.45, 2.75) is 33.1 Å². The Morgan fingerprint density at radius 1 is 1.21 bits per heavy atom. The first-order valence-electron chi connectivity index (χ1n) is 5.83. The Morgan fingerprint density at radius 2 is 1.86 bits per heavy atom. The van der Waals surface area contributed by atoms with Gasteiger partial charge in [-0.1, -0.05) is 13.8 Å². The zero-order valence-corrected chi connectivity index (χ0v) is 9.25. The van der Waals surface area contributed by atoms with Crippen molar-refractivity contribution in [3.8, 4) is 11.8 Å². The van der Waals surface area contributed by atoms with Crippen LogP contribution in [-0.4, -0.2) is 13.2 Å². The van der Waals surface area contributed by atoms with Crippen LogP contribution in [0.15, 0.2) is 0 Å². The lowest BCUT2D eigenvalue weighted by Crippen LogP contribution is -2.28. The molecular weight excluding hydrogens is 172 g/mol. The monoisotopic (exact) mass is 192 g/mol. The van der Waals surface area contributed by atoms with Crippen LogP contribution < -0.4 is 0 Å². The lowest BCUT2D eigenvalue weighted by Gasteiger charge is -2.28. The van der Waals surface area contributed by atoms with Gasteiger partial charge in [0.25, 0.3) is 0 Å². The lowest BCUT2D eigenvalue weighted by atomic mass is 9.86. The summed E-state index contributed by atoms with van der Waals surface area (Å²) in [6, 6.07) is 0. The van der Waals surface area contributed by atoms with Gasteiger partial charge in [0.15, 0.2) is 0 Å². The number of hydrogen-bond acceptors (Lipinski definition) is 1. The summed E-state index contributed by atoms with van der Waals surface area (Å²) in [6.45, 7) is 6.30. The Bertz CT molecular complexity index is 230. The van der Waals surface area contributed by atoms with Gasteiger partial charge in [0.2, 0.25) is 0 Å². The van der Waals surface area contributed by atoms with Gasteiger partial charge in [-0.2, -0.15) is 0 Å². The fraction of sp³-hybridized carbons (Fsp3) is 0.846. The van der Waals surface area contributed by atoms with Gasteiger partial charge < -0.3 is 4.74 Å². The van der Waals surface area contributed by atoms with Crippen molar-refractivity contribution in [2.24, 2.45) is 23.7 Å². The zero-order valence-electron chi connectivity index (χ0n) is 9.25. The smallest absolute Gasteiger partial charge is 0.0497 e. The molecule has 1 heterocycles. The van der Waals surface area contributed by atoms with Crippen molar-refractivity contribution in [1.29, 1.82) is 0 Å². The summed E-state index contributed by atoms with van der Waals surface area (Å²) in [6.07, 6.45) is 3.86. The average molecular weight is 192 g/mol. The van der Waals surface area contributed by atoms with Crippen molar-refractivity contribution >= 4 is 0 Å². The molecule has 2 rings (SSSR count). The molecule has 1 aliphatic carbocycles. The predicted octanol–water partition coefficient (Wildman–Crippen LogP) is 2.71. The highest BCUT2D eigenvalue weighted by Crippen LogP contribution is 2.42. The molecule has 0 spiro atoms. The Kier molecular flexibility index (Phi) is 3.13. The van der Waals surface area contributed by atoms with E-state index in [4.69, 9.17) is 4.74 Å². The Morgan fingerprint density at radius 3 is 2.43 bits per heavy atom. The SMILES string of the molecule is CC(C)C#CCC1C2CCC1COC2. The van der Waals surface area contributed by atoms with Crippen molar-refractivity contribution in [1.82, 2.24) is 0 Å². The molecule has 2 aliphatic rings. The summed E-state index contributed by atoms with van der Waals surface area (Å²) in [5, 5.41) is 0. The minimum absolute atomic E-state index is 0.521. The molecule has 0 aromatic rings. The quantitative estimate of drug-likeness (QED) is 0.580. The summed E-state index contributed by atoms with van der Waals surface area (Å²) in [5.74, 6) is 9.61. The highest BCUT2D eigenvalue weighted by molar-refractivity contribution is 5.05. The van der Waals surface area contributed by atoms with Crippen molar-refractivity contribution in [3.05, 3.63) is 0 Å². The molecule has 1 nitrogen and oxygen atoms in total. The Labute approximate surface area is 87.2 Å². The molecule has 0 radical (unpaired) electrons. The van der Waals surface area contributed by atoms with Crippen LogP contribution in [0.2, 0.25) is 0 Å². The second kappa shape index (κ2) is 4.36. The normalized spacial score (nSPS) is 35.5. The maximum atomic E-state index is 5.57. The van der Waals surface area contributed by atoms with E-state index in [1.165, 1.54) is 12.8 Å². The molecular formula is C13H20O. The topological polar surface area (TPSA) is 9.23 Å². The highest BCUT2D eigenvalue weighted by atomic mass is 16.5. The highest BCUT2D eigenvalue weighted by Gasteiger charge is 2.38. The van der Waals surface area contributed by atoms with E-state index in [1.54, 1.807) is 0 Å². The Hall–Kier alpha value is -0.480. The third-order valence-corrected chi connectivity index (χ3v) is 3.51. The second-order valence-corrected chi connectivity index (χ2v) is 4.98. The van der Waals surface area contributed by atoms with Gasteiger partial charge in [-0.05, 0) is 30.6 Å². The van der Waals surface area contributed by atoms with E-state index in [1.807, 2.05) is 0 Å². The number of fused-ring (bicyclic) bond motifs is 2. The third-order valence-electron chi connectivity index (χ3n) is 3.51. The summed E-state index contributed by atoms with van der Waals surface area (Å²) in [4.78, 5) is 0.